The smallest absolute Gasteiger partial charge is 0.462 e. The van der Waals surface area contributed by atoms with E-state index in [2.05, 4.69) is 26.0 Å². The first-order valence-corrected chi connectivity index (χ1v) is 34.9. The predicted molar refractivity (Wildman–Crippen MR) is 326 cm³/mol. The van der Waals surface area contributed by atoms with E-state index < -0.39 is 26.5 Å². The fraction of sp³-hybridized carbons (Fsp3) is 0.939. The Morgan fingerprint density at radius 3 is 0.974 bits per heavy atom. The van der Waals surface area contributed by atoms with Crippen molar-refractivity contribution in [3.63, 3.8) is 0 Å². The molecule has 0 aromatic rings. The molecule has 0 aromatic heterocycles. The monoisotopic (exact) mass is 1100 g/mol. The number of carbonyl (C=O) groups is 2. The van der Waals surface area contributed by atoms with Crippen LogP contribution < -0.4 is 0 Å². The fourth-order valence-corrected chi connectivity index (χ4v) is 10.9. The number of phosphoric acid groups is 1. The molecular formula is C66H131NO8P+. The molecular weight excluding hydrogens is 966 g/mol. The molecule has 0 aliphatic rings. The van der Waals surface area contributed by atoms with Gasteiger partial charge in [0.2, 0.25) is 0 Å². The molecule has 76 heavy (non-hydrogen) atoms. The van der Waals surface area contributed by atoms with Crippen molar-refractivity contribution in [3.8, 4) is 0 Å². The molecule has 0 bridgehead atoms. The van der Waals surface area contributed by atoms with Crippen LogP contribution in [0.5, 0.6) is 0 Å². The summed E-state index contributed by atoms with van der Waals surface area (Å²) in [4.78, 5) is 35.8. The van der Waals surface area contributed by atoms with Gasteiger partial charge in [0.1, 0.15) is 19.8 Å². The van der Waals surface area contributed by atoms with Crippen molar-refractivity contribution in [2.75, 3.05) is 47.5 Å². The third-order valence-electron chi connectivity index (χ3n) is 15.3. The average molecular weight is 1100 g/mol. The first-order chi connectivity index (χ1) is 37.0. The van der Waals surface area contributed by atoms with Gasteiger partial charge in [-0.25, -0.2) is 4.57 Å². The van der Waals surface area contributed by atoms with E-state index in [4.69, 9.17) is 18.5 Å². The van der Waals surface area contributed by atoms with E-state index >= 15 is 0 Å². The first-order valence-electron chi connectivity index (χ1n) is 33.4. The summed E-state index contributed by atoms with van der Waals surface area (Å²) in [6, 6.07) is 0. The number of quaternary nitrogens is 1. The largest absolute Gasteiger partial charge is 0.472 e. The van der Waals surface area contributed by atoms with Crippen molar-refractivity contribution in [2.24, 2.45) is 0 Å². The molecule has 0 heterocycles. The van der Waals surface area contributed by atoms with Crippen LogP contribution in [0, 0.1) is 0 Å². The molecule has 0 aromatic carbocycles. The van der Waals surface area contributed by atoms with Gasteiger partial charge in [0.25, 0.3) is 0 Å². The van der Waals surface area contributed by atoms with Gasteiger partial charge >= 0.3 is 19.8 Å². The lowest BCUT2D eigenvalue weighted by molar-refractivity contribution is -0.870. The van der Waals surface area contributed by atoms with E-state index in [0.29, 0.717) is 23.9 Å². The standard InChI is InChI=1S/C66H130NO8P/c1-6-8-10-12-14-16-18-20-22-24-26-27-28-29-30-31-32-33-34-35-36-37-38-39-41-42-44-46-48-50-52-54-56-58-65(68)72-62-64(63-74-76(70,71)73-61-60-67(3,4)5)75-66(69)59-57-55-53-51-49-47-45-43-40-25-23-21-19-17-15-13-11-9-7-2/h21,23,64H,6-20,22,24-63H2,1-5H3/p+1/b23-21-. The average Bonchev–Trinajstić information content (AvgIpc) is 3.38. The Kier molecular flexibility index (Phi) is 57.4. The third kappa shape index (κ3) is 62.0. The molecule has 0 saturated carbocycles. The Morgan fingerprint density at radius 1 is 0.395 bits per heavy atom. The highest BCUT2D eigenvalue weighted by Crippen LogP contribution is 2.43. The highest BCUT2D eigenvalue weighted by molar-refractivity contribution is 7.47. The fourth-order valence-electron chi connectivity index (χ4n) is 10.1. The van der Waals surface area contributed by atoms with E-state index in [-0.39, 0.29) is 25.6 Å². The minimum Gasteiger partial charge on any atom is -0.462 e. The normalized spacial score (nSPS) is 13.2. The Balaban J connectivity index is 3.95. The van der Waals surface area contributed by atoms with Crippen molar-refractivity contribution in [1.29, 1.82) is 0 Å². The van der Waals surface area contributed by atoms with Crippen LogP contribution in [0.25, 0.3) is 0 Å². The summed E-state index contributed by atoms with van der Waals surface area (Å²) in [5, 5.41) is 0. The first kappa shape index (κ1) is 74.8. The van der Waals surface area contributed by atoms with Crippen molar-refractivity contribution in [1.82, 2.24) is 0 Å². The van der Waals surface area contributed by atoms with Gasteiger partial charge in [-0.05, 0) is 38.5 Å². The van der Waals surface area contributed by atoms with E-state index in [1.807, 2.05) is 21.1 Å². The second-order valence-electron chi connectivity index (χ2n) is 24.2. The van der Waals surface area contributed by atoms with Crippen molar-refractivity contribution >= 4 is 19.8 Å². The summed E-state index contributed by atoms with van der Waals surface area (Å²) in [5.74, 6) is -0.778. The summed E-state index contributed by atoms with van der Waals surface area (Å²) in [6.07, 6.45) is 70.3. The minimum absolute atomic E-state index is 0.0352. The topological polar surface area (TPSA) is 108 Å². The Morgan fingerprint density at radius 2 is 0.671 bits per heavy atom. The second-order valence-corrected chi connectivity index (χ2v) is 25.7. The molecule has 0 amide bonds. The van der Waals surface area contributed by atoms with Crippen LogP contribution in [-0.4, -0.2) is 74.9 Å². The molecule has 452 valence electrons. The highest BCUT2D eigenvalue weighted by atomic mass is 31.2. The zero-order valence-corrected chi connectivity index (χ0v) is 52.4. The molecule has 2 atom stereocenters. The van der Waals surface area contributed by atoms with Crippen molar-refractivity contribution in [3.05, 3.63) is 12.2 Å². The van der Waals surface area contributed by atoms with Crippen LogP contribution in [0.15, 0.2) is 12.2 Å². The van der Waals surface area contributed by atoms with Gasteiger partial charge in [0, 0.05) is 12.8 Å². The van der Waals surface area contributed by atoms with Crippen LogP contribution in [0.4, 0.5) is 0 Å². The number of nitrogens with zero attached hydrogens (tertiary/aromatic N) is 1. The van der Waals surface area contributed by atoms with Gasteiger partial charge in [0.15, 0.2) is 6.10 Å². The van der Waals surface area contributed by atoms with Gasteiger partial charge in [-0.1, -0.05) is 309 Å². The molecule has 0 fully saturated rings. The maximum Gasteiger partial charge on any atom is 0.472 e. The molecule has 0 saturated heterocycles. The predicted octanol–water partition coefficient (Wildman–Crippen LogP) is 21.2. The number of ether oxygens (including phenoxy) is 2. The Labute approximate surface area is 473 Å². The zero-order valence-electron chi connectivity index (χ0n) is 51.5. The summed E-state index contributed by atoms with van der Waals surface area (Å²) in [5.41, 5.74) is 0. The van der Waals surface area contributed by atoms with Crippen LogP contribution in [0.3, 0.4) is 0 Å². The van der Waals surface area contributed by atoms with E-state index in [1.54, 1.807) is 0 Å². The van der Waals surface area contributed by atoms with Gasteiger partial charge < -0.3 is 18.9 Å². The molecule has 0 spiro atoms. The number of hydrogen-bond acceptors (Lipinski definition) is 7. The lowest BCUT2D eigenvalue weighted by Gasteiger charge is -2.24. The number of likely N-dealkylation sites (N-methyl/N-ethyl adjacent to an activating group) is 1. The summed E-state index contributed by atoms with van der Waals surface area (Å²) in [6.45, 7) is 4.50. The minimum atomic E-state index is -4.38. The Bertz CT molecular complexity index is 1290. The number of phosphoric ester groups is 1. The van der Waals surface area contributed by atoms with Crippen molar-refractivity contribution < 1.29 is 42.1 Å². The quantitative estimate of drug-likeness (QED) is 0.0211. The molecule has 10 heteroatoms. The number of hydrogen-bond donors (Lipinski definition) is 1. The van der Waals surface area contributed by atoms with Crippen molar-refractivity contribution in [2.45, 2.75) is 354 Å². The summed E-state index contributed by atoms with van der Waals surface area (Å²) < 4.78 is 34.7. The maximum absolute atomic E-state index is 12.8. The molecule has 0 rings (SSSR count). The zero-order chi connectivity index (χ0) is 55.6. The summed E-state index contributed by atoms with van der Waals surface area (Å²) in [7, 11) is 1.50. The van der Waals surface area contributed by atoms with Gasteiger partial charge in [-0.3, -0.25) is 18.6 Å². The SMILES string of the molecule is CCCCCCCC/C=C\CCCCCCCCCCCC(=O)OC(COC(=O)CCCCCCCCCCCCCCCCCCCCCCCCCCCCCCCCCCC)COP(=O)(O)OCC[N+](C)(C)C. The molecule has 1 N–H and O–H groups in total. The van der Waals surface area contributed by atoms with Gasteiger partial charge in [-0.2, -0.15) is 0 Å². The number of allylic oxidation sites excluding steroid dienone is 2. The molecule has 2 unspecified atom stereocenters. The third-order valence-corrected chi connectivity index (χ3v) is 16.3. The van der Waals surface area contributed by atoms with E-state index in [9.17, 15) is 19.0 Å². The number of unbranched alkanes of at least 4 members (excludes halogenated alkanes) is 47. The second kappa shape index (κ2) is 58.4. The summed E-state index contributed by atoms with van der Waals surface area (Å²) >= 11 is 0. The van der Waals surface area contributed by atoms with E-state index in [1.165, 1.54) is 283 Å². The lowest BCUT2D eigenvalue weighted by Crippen LogP contribution is -2.37. The Hall–Kier alpha value is -1.25. The number of carbonyl (C=O) groups excluding carboxylic acids is 2. The molecule has 0 aliphatic carbocycles. The number of rotatable bonds is 63. The van der Waals surface area contributed by atoms with Gasteiger partial charge in [-0.15, -0.1) is 0 Å². The number of esters is 2. The molecule has 0 radical (unpaired) electrons. The maximum atomic E-state index is 12.8. The van der Waals surface area contributed by atoms with Crippen LogP contribution in [0.1, 0.15) is 348 Å². The highest BCUT2D eigenvalue weighted by Gasteiger charge is 2.27. The van der Waals surface area contributed by atoms with Crippen LogP contribution >= 0.6 is 7.82 Å². The van der Waals surface area contributed by atoms with E-state index in [0.717, 1.165) is 32.1 Å². The lowest BCUT2D eigenvalue weighted by atomic mass is 10.0. The van der Waals surface area contributed by atoms with Gasteiger partial charge in [0.05, 0.1) is 27.7 Å². The molecule has 9 nitrogen and oxygen atoms in total. The molecule has 0 aliphatic heterocycles. The van der Waals surface area contributed by atoms with Crippen LogP contribution in [0.2, 0.25) is 0 Å². The van der Waals surface area contributed by atoms with Crippen LogP contribution in [-0.2, 0) is 32.7 Å².